The third-order valence-corrected chi connectivity index (χ3v) is 2.73. The van der Waals surface area contributed by atoms with Gasteiger partial charge in [-0.05, 0) is 24.5 Å². The first-order chi connectivity index (χ1) is 7.59. The predicted molar refractivity (Wildman–Crippen MR) is 57.1 cm³/mol. The molecule has 1 aliphatic carbocycles. The molecule has 0 radical (unpaired) electrons. The molecule has 5 nitrogen and oxygen atoms in total. The van der Waals surface area contributed by atoms with Crippen LogP contribution in [0.4, 0.5) is 5.82 Å². The second-order valence-electron chi connectivity index (χ2n) is 4.01. The van der Waals surface area contributed by atoms with Crippen LogP contribution in [0.1, 0.15) is 23.7 Å². The van der Waals surface area contributed by atoms with E-state index in [1.165, 1.54) is 18.3 Å². The minimum absolute atomic E-state index is 0.00338. The summed E-state index contributed by atoms with van der Waals surface area (Å²) in [5.74, 6) is -0.722. The first-order valence-electron chi connectivity index (χ1n) is 5.08. The molecule has 1 aromatic rings. The number of hydrogen-bond acceptors (Lipinski definition) is 3. The van der Waals surface area contributed by atoms with Gasteiger partial charge < -0.3 is 10.4 Å². The van der Waals surface area contributed by atoms with E-state index in [1.54, 1.807) is 0 Å². The van der Waals surface area contributed by atoms with Crippen LogP contribution in [0.3, 0.4) is 0 Å². The molecule has 2 rings (SSSR count). The normalized spacial score (nSPS) is 22.6. The van der Waals surface area contributed by atoms with Crippen molar-refractivity contribution in [1.82, 2.24) is 4.98 Å². The SMILES string of the molecule is CC1CC1C(=O)Nc1ncccc1C(=O)O. The fraction of sp³-hybridized carbons (Fsp3) is 0.364. The van der Waals surface area contributed by atoms with Crippen LogP contribution >= 0.6 is 0 Å². The fourth-order valence-electron chi connectivity index (χ4n) is 1.57. The molecule has 1 amide bonds. The highest BCUT2D eigenvalue weighted by molar-refractivity contribution is 6.00. The Morgan fingerprint density at radius 2 is 2.25 bits per heavy atom. The molecule has 1 aromatic heterocycles. The van der Waals surface area contributed by atoms with Crippen molar-refractivity contribution in [2.24, 2.45) is 11.8 Å². The van der Waals surface area contributed by atoms with Gasteiger partial charge in [0.1, 0.15) is 11.4 Å². The smallest absolute Gasteiger partial charge is 0.339 e. The number of carboxylic acid groups (broad SMARTS) is 1. The molecule has 5 heteroatoms. The molecular formula is C11H12N2O3. The Morgan fingerprint density at radius 1 is 1.56 bits per heavy atom. The topological polar surface area (TPSA) is 79.3 Å². The van der Waals surface area contributed by atoms with Gasteiger partial charge in [-0.3, -0.25) is 4.79 Å². The van der Waals surface area contributed by atoms with Crippen LogP contribution in [0.15, 0.2) is 18.3 Å². The summed E-state index contributed by atoms with van der Waals surface area (Å²) in [4.78, 5) is 26.3. The number of amides is 1. The van der Waals surface area contributed by atoms with Crippen molar-refractivity contribution >= 4 is 17.7 Å². The highest BCUT2D eigenvalue weighted by Gasteiger charge is 2.39. The molecule has 1 fully saturated rings. The quantitative estimate of drug-likeness (QED) is 0.806. The molecule has 2 unspecified atom stereocenters. The third-order valence-electron chi connectivity index (χ3n) is 2.73. The Morgan fingerprint density at radius 3 is 2.81 bits per heavy atom. The Hall–Kier alpha value is -1.91. The molecular weight excluding hydrogens is 208 g/mol. The Bertz CT molecular complexity index is 445. The molecule has 0 spiro atoms. The summed E-state index contributed by atoms with van der Waals surface area (Å²) in [5.41, 5.74) is 0.0177. The van der Waals surface area contributed by atoms with E-state index in [-0.39, 0.29) is 23.2 Å². The van der Waals surface area contributed by atoms with Gasteiger partial charge in [-0.15, -0.1) is 0 Å². The molecule has 84 valence electrons. The zero-order chi connectivity index (χ0) is 11.7. The van der Waals surface area contributed by atoms with Crippen LogP contribution in [0.25, 0.3) is 0 Å². The monoisotopic (exact) mass is 220 g/mol. The molecule has 0 aliphatic heterocycles. The second-order valence-corrected chi connectivity index (χ2v) is 4.01. The number of hydrogen-bond donors (Lipinski definition) is 2. The van der Waals surface area contributed by atoms with Gasteiger partial charge in [-0.25, -0.2) is 9.78 Å². The maximum absolute atomic E-state index is 11.6. The molecule has 1 heterocycles. The van der Waals surface area contributed by atoms with E-state index < -0.39 is 5.97 Å². The number of carbonyl (C=O) groups excluding carboxylic acids is 1. The van der Waals surface area contributed by atoms with E-state index in [1.807, 2.05) is 6.92 Å². The summed E-state index contributed by atoms with van der Waals surface area (Å²) < 4.78 is 0. The average molecular weight is 220 g/mol. The van der Waals surface area contributed by atoms with E-state index in [0.717, 1.165) is 6.42 Å². The highest BCUT2D eigenvalue weighted by atomic mass is 16.4. The lowest BCUT2D eigenvalue weighted by atomic mass is 10.2. The first kappa shape index (κ1) is 10.6. The van der Waals surface area contributed by atoms with E-state index in [2.05, 4.69) is 10.3 Å². The van der Waals surface area contributed by atoms with Crippen molar-refractivity contribution in [2.45, 2.75) is 13.3 Å². The number of carboxylic acids is 1. The van der Waals surface area contributed by atoms with Gasteiger partial charge in [0, 0.05) is 12.1 Å². The molecule has 16 heavy (non-hydrogen) atoms. The van der Waals surface area contributed by atoms with E-state index in [0.29, 0.717) is 5.92 Å². The summed E-state index contributed by atoms with van der Waals surface area (Å²) in [6, 6.07) is 2.94. The number of anilines is 1. The Labute approximate surface area is 92.5 Å². The van der Waals surface area contributed by atoms with Gasteiger partial charge in [0.2, 0.25) is 5.91 Å². The van der Waals surface area contributed by atoms with Gasteiger partial charge in [0.25, 0.3) is 0 Å². The van der Waals surface area contributed by atoms with Crippen LogP contribution in [0, 0.1) is 11.8 Å². The van der Waals surface area contributed by atoms with Crippen LogP contribution < -0.4 is 5.32 Å². The van der Waals surface area contributed by atoms with Gasteiger partial charge in [0.05, 0.1) is 0 Å². The number of carbonyl (C=O) groups is 2. The van der Waals surface area contributed by atoms with Crippen molar-refractivity contribution in [2.75, 3.05) is 5.32 Å². The second kappa shape index (κ2) is 3.92. The number of nitrogens with one attached hydrogen (secondary N) is 1. The molecule has 0 aromatic carbocycles. The molecule has 0 saturated heterocycles. The number of rotatable bonds is 3. The summed E-state index contributed by atoms with van der Waals surface area (Å²) >= 11 is 0. The zero-order valence-corrected chi connectivity index (χ0v) is 8.80. The average Bonchev–Trinajstić information content (AvgIpc) is 2.96. The van der Waals surface area contributed by atoms with Crippen LogP contribution in [0.2, 0.25) is 0 Å². The van der Waals surface area contributed by atoms with Crippen molar-refractivity contribution in [3.05, 3.63) is 23.9 Å². The summed E-state index contributed by atoms with van der Waals surface area (Å²) in [6.45, 7) is 1.99. The fourth-order valence-corrected chi connectivity index (χ4v) is 1.57. The largest absolute Gasteiger partial charge is 0.478 e. The third kappa shape index (κ3) is 2.03. The number of aromatic nitrogens is 1. The molecule has 1 saturated carbocycles. The number of pyridine rings is 1. The highest BCUT2D eigenvalue weighted by Crippen LogP contribution is 2.38. The molecule has 2 N–H and O–H groups in total. The van der Waals surface area contributed by atoms with E-state index in [4.69, 9.17) is 5.11 Å². The maximum atomic E-state index is 11.6. The number of aromatic carboxylic acids is 1. The van der Waals surface area contributed by atoms with Crippen LogP contribution in [0.5, 0.6) is 0 Å². The van der Waals surface area contributed by atoms with Gasteiger partial charge in [-0.1, -0.05) is 6.92 Å². The standard InChI is InChI=1S/C11H12N2O3/c1-6-5-8(6)10(14)13-9-7(11(15)16)3-2-4-12-9/h2-4,6,8H,5H2,1H3,(H,15,16)(H,12,13,14). The molecule has 1 aliphatic rings. The summed E-state index contributed by atoms with van der Waals surface area (Å²) in [5, 5.41) is 11.4. The minimum Gasteiger partial charge on any atom is -0.478 e. The van der Waals surface area contributed by atoms with Crippen molar-refractivity contribution < 1.29 is 14.7 Å². The van der Waals surface area contributed by atoms with Crippen molar-refractivity contribution in [3.8, 4) is 0 Å². The van der Waals surface area contributed by atoms with Gasteiger partial charge in [0.15, 0.2) is 0 Å². The minimum atomic E-state index is -1.09. The zero-order valence-electron chi connectivity index (χ0n) is 8.80. The summed E-state index contributed by atoms with van der Waals surface area (Å²) in [6.07, 6.45) is 2.32. The molecule has 2 atom stereocenters. The number of nitrogens with zero attached hydrogens (tertiary/aromatic N) is 1. The predicted octanol–water partition coefficient (Wildman–Crippen LogP) is 1.37. The van der Waals surface area contributed by atoms with E-state index >= 15 is 0 Å². The Balaban J connectivity index is 2.14. The lowest BCUT2D eigenvalue weighted by molar-refractivity contribution is -0.117. The lowest BCUT2D eigenvalue weighted by Crippen LogP contribution is -2.17. The first-order valence-corrected chi connectivity index (χ1v) is 5.08. The molecule has 0 bridgehead atoms. The van der Waals surface area contributed by atoms with Crippen molar-refractivity contribution in [1.29, 1.82) is 0 Å². The van der Waals surface area contributed by atoms with Crippen LogP contribution in [-0.2, 0) is 4.79 Å². The summed E-state index contributed by atoms with van der Waals surface area (Å²) in [7, 11) is 0. The van der Waals surface area contributed by atoms with E-state index in [9.17, 15) is 9.59 Å². The Kier molecular flexibility index (Phi) is 2.60. The van der Waals surface area contributed by atoms with Gasteiger partial charge in [-0.2, -0.15) is 0 Å². The van der Waals surface area contributed by atoms with Crippen LogP contribution in [-0.4, -0.2) is 22.0 Å². The maximum Gasteiger partial charge on any atom is 0.339 e. The van der Waals surface area contributed by atoms with Crippen molar-refractivity contribution in [3.63, 3.8) is 0 Å². The lowest BCUT2D eigenvalue weighted by Gasteiger charge is -2.06. The van der Waals surface area contributed by atoms with Gasteiger partial charge >= 0.3 is 5.97 Å².